The van der Waals surface area contributed by atoms with Crippen molar-refractivity contribution in [3.05, 3.63) is 60.6 Å². The maximum atomic E-state index is 11.8. The van der Waals surface area contributed by atoms with E-state index in [1.54, 1.807) is 12.1 Å². The third-order valence-electron chi connectivity index (χ3n) is 3.00. The standard InChI is InChI=1S/C12H8N4O3S/c17-11-8-5-9(13-10(8)14-12(20)15-11)6-2-1-3-7(4-6)16(18)19/h1-4H,5H2,(H2,14,15,17,20). The number of nitro benzene ring substituents is 1. The lowest BCUT2D eigenvalue weighted by molar-refractivity contribution is -0.384. The molecule has 0 spiro atoms. The van der Waals surface area contributed by atoms with Crippen molar-refractivity contribution in [1.82, 2.24) is 9.97 Å². The van der Waals surface area contributed by atoms with E-state index in [1.807, 2.05) is 0 Å². The first-order valence-corrected chi connectivity index (χ1v) is 6.13. The van der Waals surface area contributed by atoms with E-state index < -0.39 is 4.92 Å². The number of rotatable bonds is 2. The van der Waals surface area contributed by atoms with E-state index in [0.717, 1.165) is 0 Å². The fourth-order valence-electron chi connectivity index (χ4n) is 2.07. The Morgan fingerprint density at radius 2 is 2.15 bits per heavy atom. The van der Waals surface area contributed by atoms with Crippen LogP contribution < -0.4 is 5.56 Å². The van der Waals surface area contributed by atoms with Gasteiger partial charge in [-0.1, -0.05) is 12.1 Å². The Morgan fingerprint density at radius 1 is 1.35 bits per heavy atom. The van der Waals surface area contributed by atoms with Crippen molar-refractivity contribution < 1.29 is 4.92 Å². The first-order valence-electron chi connectivity index (χ1n) is 5.72. The van der Waals surface area contributed by atoms with E-state index in [0.29, 0.717) is 29.1 Å². The molecule has 0 aliphatic carbocycles. The van der Waals surface area contributed by atoms with Crippen LogP contribution in [-0.4, -0.2) is 20.6 Å². The number of aromatic nitrogens is 2. The van der Waals surface area contributed by atoms with E-state index in [-0.39, 0.29) is 16.0 Å². The van der Waals surface area contributed by atoms with E-state index in [1.165, 1.54) is 12.1 Å². The number of hydrogen-bond donors (Lipinski definition) is 2. The molecule has 0 bridgehead atoms. The number of nitrogens with zero attached hydrogens (tertiary/aromatic N) is 2. The highest BCUT2D eigenvalue weighted by Crippen LogP contribution is 2.25. The SMILES string of the molecule is O=c1[nH]c(=S)[nH]c2c1CC(c1cccc([N+](=O)[O-])c1)=N2. The molecule has 0 amide bonds. The second-order valence-corrected chi connectivity index (χ2v) is 4.69. The molecule has 1 aliphatic rings. The van der Waals surface area contributed by atoms with Crippen LogP contribution in [0.5, 0.6) is 0 Å². The first-order chi connectivity index (χ1) is 9.54. The molecule has 100 valence electrons. The number of H-pyrrole nitrogens is 2. The molecule has 20 heavy (non-hydrogen) atoms. The molecule has 0 radical (unpaired) electrons. The maximum Gasteiger partial charge on any atom is 0.270 e. The van der Waals surface area contributed by atoms with Crippen molar-refractivity contribution in [2.45, 2.75) is 6.42 Å². The average molecular weight is 288 g/mol. The number of benzene rings is 1. The summed E-state index contributed by atoms with van der Waals surface area (Å²) in [6, 6.07) is 6.16. The van der Waals surface area contributed by atoms with E-state index in [9.17, 15) is 14.9 Å². The maximum absolute atomic E-state index is 11.8. The Balaban J connectivity index is 2.07. The molecule has 0 saturated carbocycles. The highest BCUT2D eigenvalue weighted by molar-refractivity contribution is 7.71. The molecule has 1 aromatic heterocycles. The third kappa shape index (κ3) is 2.05. The first kappa shape index (κ1) is 12.4. The van der Waals surface area contributed by atoms with Crippen LogP contribution in [0.15, 0.2) is 34.1 Å². The van der Waals surface area contributed by atoms with Crippen molar-refractivity contribution in [3.63, 3.8) is 0 Å². The van der Waals surface area contributed by atoms with E-state index >= 15 is 0 Å². The Hall–Kier alpha value is -2.61. The van der Waals surface area contributed by atoms with Crippen LogP contribution in [0.25, 0.3) is 0 Å². The molecule has 3 rings (SSSR count). The largest absolute Gasteiger partial charge is 0.317 e. The monoisotopic (exact) mass is 288 g/mol. The zero-order valence-corrected chi connectivity index (χ0v) is 10.9. The van der Waals surface area contributed by atoms with Gasteiger partial charge in [0, 0.05) is 24.1 Å². The molecule has 1 aliphatic heterocycles. The highest BCUT2D eigenvalue weighted by atomic mass is 32.1. The molecular formula is C12H8N4O3S. The summed E-state index contributed by atoms with van der Waals surface area (Å²) in [7, 11) is 0. The van der Waals surface area contributed by atoms with Crippen LogP contribution in [0.1, 0.15) is 11.1 Å². The Morgan fingerprint density at radius 3 is 2.90 bits per heavy atom. The topological polar surface area (TPSA) is 104 Å². The van der Waals surface area contributed by atoms with Crippen molar-refractivity contribution in [1.29, 1.82) is 0 Å². The van der Waals surface area contributed by atoms with Gasteiger partial charge in [-0.15, -0.1) is 0 Å². The summed E-state index contributed by atoms with van der Waals surface area (Å²) in [6.45, 7) is 0. The number of hydrogen-bond acceptors (Lipinski definition) is 5. The minimum absolute atomic E-state index is 0.0111. The molecule has 8 heteroatoms. The van der Waals surface area contributed by atoms with E-state index in [2.05, 4.69) is 15.0 Å². The predicted molar refractivity (Wildman–Crippen MR) is 75.2 cm³/mol. The van der Waals surface area contributed by atoms with Crippen LogP contribution in [0.4, 0.5) is 11.5 Å². The number of aromatic amines is 2. The summed E-state index contributed by atoms with van der Waals surface area (Å²) in [5.41, 5.74) is 1.41. The van der Waals surface area contributed by atoms with Crippen LogP contribution in [0.3, 0.4) is 0 Å². The van der Waals surface area contributed by atoms with Gasteiger partial charge in [-0.25, -0.2) is 4.99 Å². The second-order valence-electron chi connectivity index (χ2n) is 4.28. The third-order valence-corrected chi connectivity index (χ3v) is 3.20. The van der Waals surface area contributed by atoms with Gasteiger partial charge in [0.1, 0.15) is 5.82 Å². The summed E-state index contributed by atoms with van der Waals surface area (Å²) in [5.74, 6) is 0.417. The Bertz CT molecular complexity index is 865. The van der Waals surface area contributed by atoms with E-state index in [4.69, 9.17) is 12.2 Å². The van der Waals surface area contributed by atoms with Gasteiger partial charge in [-0.2, -0.15) is 0 Å². The van der Waals surface area contributed by atoms with Gasteiger partial charge in [-0.05, 0) is 12.2 Å². The lowest BCUT2D eigenvalue weighted by Crippen LogP contribution is -2.14. The normalized spacial score (nSPS) is 12.9. The smallest absolute Gasteiger partial charge is 0.270 e. The fraction of sp³-hybridized carbons (Fsp3) is 0.0833. The average Bonchev–Trinajstić information content (AvgIpc) is 2.83. The zero-order chi connectivity index (χ0) is 14.3. The lowest BCUT2D eigenvalue weighted by Gasteiger charge is -1.99. The molecule has 0 atom stereocenters. The summed E-state index contributed by atoms with van der Waals surface area (Å²) < 4.78 is 0.206. The molecule has 2 N–H and O–H groups in total. The quantitative estimate of drug-likeness (QED) is 0.501. The van der Waals surface area contributed by atoms with Gasteiger partial charge < -0.3 is 4.98 Å². The number of nitro groups is 1. The summed E-state index contributed by atoms with van der Waals surface area (Å²) in [4.78, 5) is 31.7. The number of fused-ring (bicyclic) bond motifs is 1. The summed E-state index contributed by atoms with van der Waals surface area (Å²) >= 11 is 4.88. The lowest BCUT2D eigenvalue weighted by atomic mass is 10.1. The summed E-state index contributed by atoms with van der Waals surface area (Å²) in [5, 5.41) is 10.8. The fourth-order valence-corrected chi connectivity index (χ4v) is 2.26. The molecule has 7 nitrogen and oxygen atoms in total. The minimum Gasteiger partial charge on any atom is -0.317 e. The number of non-ortho nitro benzene ring substituents is 1. The van der Waals surface area contributed by atoms with Crippen LogP contribution in [0.2, 0.25) is 0 Å². The molecule has 2 heterocycles. The number of aliphatic imine (C=N–C) groups is 1. The highest BCUT2D eigenvalue weighted by Gasteiger charge is 2.21. The van der Waals surface area contributed by atoms with Crippen molar-refractivity contribution >= 4 is 29.4 Å². The van der Waals surface area contributed by atoms with Gasteiger partial charge in [0.05, 0.1) is 16.2 Å². The van der Waals surface area contributed by atoms with Crippen LogP contribution in [-0.2, 0) is 6.42 Å². The van der Waals surface area contributed by atoms with Crippen molar-refractivity contribution in [2.24, 2.45) is 4.99 Å². The molecule has 0 fully saturated rings. The molecule has 2 aromatic rings. The second kappa shape index (κ2) is 4.49. The molecular weight excluding hydrogens is 280 g/mol. The predicted octanol–water partition coefficient (Wildman–Crippen LogP) is 2.02. The van der Waals surface area contributed by atoms with Gasteiger partial charge >= 0.3 is 0 Å². The molecule has 0 saturated heterocycles. The van der Waals surface area contributed by atoms with Crippen molar-refractivity contribution in [3.8, 4) is 0 Å². The van der Waals surface area contributed by atoms with Gasteiger partial charge in [0.15, 0.2) is 4.77 Å². The summed E-state index contributed by atoms with van der Waals surface area (Å²) in [6.07, 6.45) is 0.317. The molecule has 0 unspecified atom stereocenters. The van der Waals surface area contributed by atoms with Gasteiger partial charge in [0.2, 0.25) is 0 Å². The van der Waals surface area contributed by atoms with Gasteiger partial charge in [-0.3, -0.25) is 19.9 Å². The Kier molecular flexibility index (Phi) is 2.79. The molecule has 1 aromatic carbocycles. The van der Waals surface area contributed by atoms with Crippen LogP contribution in [0, 0.1) is 14.9 Å². The number of nitrogens with one attached hydrogen (secondary N) is 2. The Labute approximate surface area is 117 Å². The minimum atomic E-state index is -0.466. The van der Waals surface area contributed by atoms with Crippen molar-refractivity contribution in [2.75, 3.05) is 0 Å². The van der Waals surface area contributed by atoms with Crippen LogP contribution >= 0.6 is 12.2 Å². The van der Waals surface area contributed by atoms with Gasteiger partial charge in [0.25, 0.3) is 11.2 Å². The zero-order valence-electron chi connectivity index (χ0n) is 10.0.